The van der Waals surface area contributed by atoms with Crippen molar-refractivity contribution in [1.29, 1.82) is 0 Å². The lowest BCUT2D eigenvalue weighted by Gasteiger charge is -2.14. The monoisotopic (exact) mass is 291 g/mol. The van der Waals surface area contributed by atoms with Crippen molar-refractivity contribution >= 4 is 33.2 Å². The van der Waals surface area contributed by atoms with Crippen LogP contribution in [0.15, 0.2) is 15.2 Å². The fourth-order valence-corrected chi connectivity index (χ4v) is 2.10. The van der Waals surface area contributed by atoms with Crippen LogP contribution in [0.2, 0.25) is 0 Å². The third kappa shape index (κ3) is 3.93. The minimum absolute atomic E-state index is 0.142. The fraction of sp³-hybridized carbons (Fsp3) is 0.500. The van der Waals surface area contributed by atoms with E-state index in [1.54, 1.807) is 11.4 Å². The van der Waals surface area contributed by atoms with Gasteiger partial charge >= 0.3 is 0 Å². The molecule has 84 valence electrons. The average Bonchev–Trinajstić information content (AvgIpc) is 2.60. The Kier molecular flexibility index (Phi) is 4.76. The van der Waals surface area contributed by atoms with Crippen LogP contribution in [0.25, 0.3) is 0 Å². The summed E-state index contributed by atoms with van der Waals surface area (Å²) in [5.74, 6) is 0.0103. The first-order valence-electron chi connectivity index (χ1n) is 4.71. The van der Waals surface area contributed by atoms with Crippen LogP contribution in [0.3, 0.4) is 0 Å². The van der Waals surface area contributed by atoms with Crippen LogP contribution in [0.4, 0.5) is 0 Å². The molecule has 0 saturated carbocycles. The average molecular weight is 292 g/mol. The molecule has 5 heteroatoms. The van der Waals surface area contributed by atoms with Crippen LogP contribution in [0.1, 0.15) is 24.2 Å². The molecule has 0 aliphatic rings. The largest absolute Gasteiger partial charge is 0.391 e. The van der Waals surface area contributed by atoms with Gasteiger partial charge in [0.25, 0.3) is 5.91 Å². The van der Waals surface area contributed by atoms with Gasteiger partial charge in [-0.3, -0.25) is 4.79 Å². The fourth-order valence-electron chi connectivity index (χ4n) is 0.964. The molecule has 1 rings (SSSR count). The van der Waals surface area contributed by atoms with E-state index in [0.717, 1.165) is 3.79 Å². The third-order valence-electron chi connectivity index (χ3n) is 2.07. The number of halogens is 1. The number of aliphatic hydroxyl groups is 1. The Morgan fingerprint density at radius 3 is 2.80 bits per heavy atom. The Morgan fingerprint density at radius 2 is 2.33 bits per heavy atom. The van der Waals surface area contributed by atoms with Gasteiger partial charge in [-0.1, -0.05) is 13.8 Å². The number of thiophene rings is 1. The van der Waals surface area contributed by atoms with Gasteiger partial charge in [0.1, 0.15) is 0 Å². The summed E-state index contributed by atoms with van der Waals surface area (Å²) in [6.45, 7) is 4.12. The van der Waals surface area contributed by atoms with Crippen molar-refractivity contribution in [3.8, 4) is 0 Å². The minimum atomic E-state index is -0.490. The van der Waals surface area contributed by atoms with Gasteiger partial charge < -0.3 is 10.4 Å². The molecule has 3 nitrogen and oxygen atoms in total. The molecule has 1 aromatic heterocycles. The zero-order chi connectivity index (χ0) is 11.4. The second-order valence-electron chi connectivity index (χ2n) is 3.66. The maximum Gasteiger partial charge on any atom is 0.252 e. The highest BCUT2D eigenvalue weighted by atomic mass is 79.9. The van der Waals surface area contributed by atoms with Crippen LogP contribution < -0.4 is 5.32 Å². The number of carbonyl (C=O) groups is 1. The van der Waals surface area contributed by atoms with E-state index in [1.807, 2.05) is 13.8 Å². The van der Waals surface area contributed by atoms with Crippen LogP contribution in [0.5, 0.6) is 0 Å². The maximum atomic E-state index is 11.5. The summed E-state index contributed by atoms with van der Waals surface area (Å²) in [7, 11) is 0. The van der Waals surface area contributed by atoms with Crippen molar-refractivity contribution in [3.63, 3.8) is 0 Å². The highest BCUT2D eigenvalue weighted by Crippen LogP contribution is 2.20. The molecule has 0 bridgehead atoms. The smallest absolute Gasteiger partial charge is 0.252 e. The number of nitrogens with one attached hydrogen (secondary N) is 1. The first-order valence-corrected chi connectivity index (χ1v) is 6.38. The SMILES string of the molecule is CC(C)C(O)CNC(=O)c1csc(Br)c1. The molecule has 1 atom stereocenters. The van der Waals surface area contributed by atoms with Gasteiger partial charge in [0.2, 0.25) is 0 Å². The highest BCUT2D eigenvalue weighted by molar-refractivity contribution is 9.11. The molecule has 0 spiro atoms. The van der Waals surface area contributed by atoms with Crippen LogP contribution in [0, 0.1) is 5.92 Å². The first kappa shape index (κ1) is 12.7. The molecular formula is C10H14BrNO2S. The van der Waals surface area contributed by atoms with E-state index in [9.17, 15) is 9.90 Å². The molecule has 0 aromatic carbocycles. The maximum absolute atomic E-state index is 11.5. The van der Waals surface area contributed by atoms with Gasteiger partial charge in [-0.05, 0) is 27.9 Å². The van der Waals surface area contributed by atoms with Crippen molar-refractivity contribution < 1.29 is 9.90 Å². The number of amides is 1. The van der Waals surface area contributed by atoms with Gasteiger partial charge in [-0.15, -0.1) is 11.3 Å². The van der Waals surface area contributed by atoms with Gasteiger partial charge in [0, 0.05) is 11.9 Å². The Hall–Kier alpha value is -0.390. The zero-order valence-corrected chi connectivity index (χ0v) is 11.1. The van der Waals surface area contributed by atoms with Crippen molar-refractivity contribution in [1.82, 2.24) is 5.32 Å². The molecule has 2 N–H and O–H groups in total. The van der Waals surface area contributed by atoms with Gasteiger partial charge in [-0.25, -0.2) is 0 Å². The molecule has 0 fully saturated rings. The summed E-state index contributed by atoms with van der Waals surface area (Å²) in [4.78, 5) is 11.5. The second kappa shape index (κ2) is 5.63. The molecule has 1 unspecified atom stereocenters. The summed E-state index contributed by atoms with van der Waals surface area (Å²) in [5, 5.41) is 14.0. The molecule has 0 radical (unpaired) electrons. The molecule has 0 aliphatic heterocycles. The van der Waals surface area contributed by atoms with Gasteiger partial charge in [0.05, 0.1) is 15.5 Å². The molecule has 15 heavy (non-hydrogen) atoms. The van der Waals surface area contributed by atoms with Crippen LogP contribution in [-0.4, -0.2) is 23.7 Å². The summed E-state index contributed by atoms with van der Waals surface area (Å²) in [6.07, 6.45) is -0.490. The summed E-state index contributed by atoms with van der Waals surface area (Å²) < 4.78 is 0.928. The third-order valence-corrected chi connectivity index (χ3v) is 3.58. The van der Waals surface area contributed by atoms with Gasteiger partial charge in [-0.2, -0.15) is 0 Å². The number of hydrogen-bond donors (Lipinski definition) is 2. The Bertz CT molecular complexity index is 338. The van der Waals surface area contributed by atoms with E-state index in [-0.39, 0.29) is 11.8 Å². The number of aliphatic hydroxyl groups excluding tert-OH is 1. The van der Waals surface area contributed by atoms with E-state index in [1.165, 1.54) is 11.3 Å². The molecular weight excluding hydrogens is 278 g/mol. The topological polar surface area (TPSA) is 49.3 Å². The van der Waals surface area contributed by atoms with E-state index >= 15 is 0 Å². The summed E-state index contributed by atoms with van der Waals surface area (Å²) >= 11 is 4.76. The Labute approximate surface area is 102 Å². The van der Waals surface area contributed by atoms with E-state index in [4.69, 9.17) is 0 Å². The lowest BCUT2D eigenvalue weighted by molar-refractivity contribution is 0.0872. The van der Waals surface area contributed by atoms with Crippen molar-refractivity contribution in [2.45, 2.75) is 20.0 Å². The van der Waals surface area contributed by atoms with Crippen LogP contribution >= 0.6 is 27.3 Å². The predicted octanol–water partition coefficient (Wildman–Crippen LogP) is 2.26. The second-order valence-corrected chi connectivity index (χ2v) is 5.95. The molecule has 0 aliphatic carbocycles. The first-order chi connectivity index (χ1) is 7.00. The van der Waals surface area contributed by atoms with E-state index < -0.39 is 6.10 Å². The Balaban J connectivity index is 2.43. The van der Waals surface area contributed by atoms with E-state index in [0.29, 0.717) is 12.1 Å². The van der Waals surface area contributed by atoms with Gasteiger partial charge in [0.15, 0.2) is 0 Å². The van der Waals surface area contributed by atoms with Crippen molar-refractivity contribution in [3.05, 3.63) is 20.8 Å². The number of carbonyl (C=O) groups excluding carboxylic acids is 1. The summed E-state index contributed by atoms with van der Waals surface area (Å²) in [6, 6.07) is 1.77. The minimum Gasteiger partial charge on any atom is -0.391 e. The zero-order valence-electron chi connectivity index (χ0n) is 8.66. The van der Waals surface area contributed by atoms with Crippen molar-refractivity contribution in [2.24, 2.45) is 5.92 Å². The number of rotatable bonds is 4. The highest BCUT2D eigenvalue weighted by Gasteiger charge is 2.12. The summed E-state index contributed by atoms with van der Waals surface area (Å²) in [5.41, 5.74) is 0.628. The standard InChI is InChI=1S/C10H14BrNO2S/c1-6(2)8(13)4-12-10(14)7-3-9(11)15-5-7/h3,5-6,8,13H,4H2,1-2H3,(H,12,14). The normalized spacial score (nSPS) is 12.9. The van der Waals surface area contributed by atoms with E-state index in [2.05, 4.69) is 21.2 Å². The van der Waals surface area contributed by atoms with Crippen molar-refractivity contribution in [2.75, 3.05) is 6.54 Å². The molecule has 1 aromatic rings. The van der Waals surface area contributed by atoms with Crippen LogP contribution in [-0.2, 0) is 0 Å². The predicted molar refractivity (Wildman–Crippen MR) is 65.2 cm³/mol. The molecule has 1 amide bonds. The molecule has 1 heterocycles. The number of hydrogen-bond acceptors (Lipinski definition) is 3. The lowest BCUT2D eigenvalue weighted by atomic mass is 10.1. The quantitative estimate of drug-likeness (QED) is 0.894. The molecule has 0 saturated heterocycles. The Morgan fingerprint density at radius 1 is 1.67 bits per heavy atom. The lowest BCUT2D eigenvalue weighted by Crippen LogP contribution is -2.34.